The molecule has 1 aliphatic heterocycles. The fourth-order valence-corrected chi connectivity index (χ4v) is 2.41. The van der Waals surface area contributed by atoms with Gasteiger partial charge in [-0.1, -0.05) is 30.3 Å². The van der Waals surface area contributed by atoms with E-state index >= 15 is 0 Å². The molecule has 0 atom stereocenters. The van der Waals surface area contributed by atoms with Crippen LogP contribution in [0.5, 0.6) is 5.75 Å². The van der Waals surface area contributed by atoms with Crippen molar-refractivity contribution in [3.63, 3.8) is 0 Å². The molecule has 0 unspecified atom stereocenters. The molecule has 0 aliphatic carbocycles. The maximum atomic E-state index is 11.9. The van der Waals surface area contributed by atoms with Gasteiger partial charge in [0, 0.05) is 12.6 Å². The highest BCUT2D eigenvalue weighted by Gasteiger charge is 2.30. The van der Waals surface area contributed by atoms with Gasteiger partial charge in [0.25, 0.3) is 5.91 Å². The number of amides is 3. The summed E-state index contributed by atoms with van der Waals surface area (Å²) in [4.78, 5) is 24.7. The fraction of sp³-hybridized carbons (Fsp3) is 0.125. The first kappa shape index (κ1) is 13.2. The molecule has 0 saturated carbocycles. The largest absolute Gasteiger partial charge is 0.496 e. The van der Waals surface area contributed by atoms with Gasteiger partial charge in [0.1, 0.15) is 11.4 Å². The van der Waals surface area contributed by atoms with E-state index in [4.69, 9.17) is 4.74 Å². The molecule has 5 heteroatoms. The predicted molar refractivity (Wildman–Crippen MR) is 79.8 cm³/mol. The van der Waals surface area contributed by atoms with Crippen molar-refractivity contribution in [1.29, 1.82) is 0 Å². The highest BCUT2D eigenvalue weighted by molar-refractivity contribution is 6.14. The Hall–Kier alpha value is -2.82. The molecule has 0 radical (unpaired) electrons. The number of likely N-dealkylation sites (N-methyl/N-ethyl adjacent to an activating group) is 1. The summed E-state index contributed by atoms with van der Waals surface area (Å²) in [7, 11) is 3.14. The Morgan fingerprint density at radius 1 is 1.14 bits per heavy atom. The number of hydrogen-bond acceptors (Lipinski definition) is 3. The second-order valence-electron chi connectivity index (χ2n) is 4.75. The van der Waals surface area contributed by atoms with Crippen LogP contribution in [0.1, 0.15) is 5.56 Å². The molecule has 2 aromatic rings. The number of fused-ring (bicyclic) bond motifs is 1. The normalized spacial score (nSPS) is 16.7. The van der Waals surface area contributed by atoms with Crippen molar-refractivity contribution in [2.75, 3.05) is 14.2 Å². The quantitative estimate of drug-likeness (QED) is 0.679. The second-order valence-corrected chi connectivity index (χ2v) is 4.75. The van der Waals surface area contributed by atoms with Crippen LogP contribution in [0.25, 0.3) is 16.8 Å². The lowest BCUT2D eigenvalue weighted by Gasteiger charge is -2.11. The Morgan fingerprint density at radius 2 is 1.90 bits per heavy atom. The number of ether oxygens (including phenoxy) is 1. The highest BCUT2D eigenvalue weighted by Crippen LogP contribution is 2.31. The van der Waals surface area contributed by atoms with Crippen molar-refractivity contribution in [2.45, 2.75) is 0 Å². The summed E-state index contributed by atoms with van der Waals surface area (Å²) in [5.74, 6) is 0.249. The van der Waals surface area contributed by atoms with E-state index in [1.807, 2.05) is 36.4 Å². The maximum Gasteiger partial charge on any atom is 0.328 e. The van der Waals surface area contributed by atoms with E-state index in [2.05, 4.69) is 5.32 Å². The number of methoxy groups -OCH3 is 1. The van der Waals surface area contributed by atoms with Gasteiger partial charge in [-0.05, 0) is 22.9 Å². The van der Waals surface area contributed by atoms with Crippen LogP contribution in [0.4, 0.5) is 4.79 Å². The Kier molecular flexibility index (Phi) is 3.10. The number of nitrogens with one attached hydrogen (secondary N) is 1. The molecular formula is C16H14N2O3. The molecule has 1 N–H and O–H groups in total. The lowest BCUT2D eigenvalue weighted by atomic mass is 10.0. The van der Waals surface area contributed by atoms with E-state index in [0.29, 0.717) is 11.4 Å². The molecular weight excluding hydrogens is 268 g/mol. The smallest absolute Gasteiger partial charge is 0.328 e. The number of urea groups is 1. The zero-order valence-corrected chi connectivity index (χ0v) is 11.7. The van der Waals surface area contributed by atoms with Crippen molar-refractivity contribution in [3.05, 3.63) is 47.7 Å². The number of benzene rings is 2. The lowest BCUT2D eigenvalue weighted by molar-refractivity contribution is -0.115. The molecule has 3 rings (SSSR count). The van der Waals surface area contributed by atoms with Gasteiger partial charge in [-0.2, -0.15) is 0 Å². The first-order chi connectivity index (χ1) is 10.1. The predicted octanol–water partition coefficient (Wildman–Crippen LogP) is 2.37. The zero-order valence-electron chi connectivity index (χ0n) is 11.7. The first-order valence-corrected chi connectivity index (χ1v) is 6.48. The molecule has 0 aromatic heterocycles. The van der Waals surface area contributed by atoms with Gasteiger partial charge in [0.05, 0.1) is 7.11 Å². The van der Waals surface area contributed by atoms with Gasteiger partial charge in [0.15, 0.2) is 0 Å². The van der Waals surface area contributed by atoms with Gasteiger partial charge in [-0.15, -0.1) is 0 Å². The minimum atomic E-state index is -0.426. The molecule has 3 amide bonds. The van der Waals surface area contributed by atoms with Crippen LogP contribution in [0.15, 0.2) is 42.1 Å². The van der Waals surface area contributed by atoms with Crippen LogP contribution in [0.2, 0.25) is 0 Å². The molecule has 21 heavy (non-hydrogen) atoms. The summed E-state index contributed by atoms with van der Waals surface area (Å²) >= 11 is 0. The molecule has 0 spiro atoms. The van der Waals surface area contributed by atoms with Crippen molar-refractivity contribution in [2.24, 2.45) is 0 Å². The Balaban J connectivity index is 2.24. The number of carbonyl (C=O) groups excluding carboxylic acids is 2. The summed E-state index contributed by atoms with van der Waals surface area (Å²) in [6.45, 7) is 0. The summed E-state index contributed by atoms with van der Waals surface area (Å²) in [5, 5.41) is 4.26. The minimum absolute atomic E-state index is 0.301. The van der Waals surface area contributed by atoms with Gasteiger partial charge < -0.3 is 4.74 Å². The zero-order chi connectivity index (χ0) is 15.0. The number of hydrogen-bond donors (Lipinski definition) is 1. The Labute approximate surface area is 121 Å². The molecule has 1 heterocycles. The van der Waals surface area contributed by atoms with Crippen LogP contribution < -0.4 is 10.1 Å². The van der Waals surface area contributed by atoms with Crippen molar-refractivity contribution in [1.82, 2.24) is 10.2 Å². The number of carbonyl (C=O) groups is 2. The third-order valence-corrected chi connectivity index (χ3v) is 3.55. The van der Waals surface area contributed by atoms with E-state index < -0.39 is 11.9 Å². The third kappa shape index (κ3) is 2.12. The average molecular weight is 282 g/mol. The van der Waals surface area contributed by atoms with Crippen LogP contribution in [0, 0.1) is 0 Å². The lowest BCUT2D eigenvalue weighted by Crippen LogP contribution is -2.24. The third-order valence-electron chi connectivity index (χ3n) is 3.55. The fourth-order valence-electron chi connectivity index (χ4n) is 2.41. The van der Waals surface area contributed by atoms with Gasteiger partial charge >= 0.3 is 6.03 Å². The van der Waals surface area contributed by atoms with E-state index in [9.17, 15) is 9.59 Å². The summed E-state index contributed by atoms with van der Waals surface area (Å²) in [6, 6.07) is 11.2. The minimum Gasteiger partial charge on any atom is -0.496 e. The Bertz CT molecular complexity index is 780. The monoisotopic (exact) mass is 282 g/mol. The molecule has 106 valence electrons. The number of rotatable bonds is 2. The summed E-state index contributed by atoms with van der Waals surface area (Å²) in [6.07, 6.45) is 1.68. The maximum absolute atomic E-state index is 11.9. The topological polar surface area (TPSA) is 58.6 Å². The molecule has 2 aromatic carbocycles. The van der Waals surface area contributed by atoms with Gasteiger partial charge in [0.2, 0.25) is 0 Å². The van der Waals surface area contributed by atoms with Crippen LogP contribution in [-0.4, -0.2) is 31.0 Å². The average Bonchev–Trinajstić information content (AvgIpc) is 2.74. The number of imide groups is 1. The summed E-state index contributed by atoms with van der Waals surface area (Å²) in [5.41, 5.74) is 1.08. The first-order valence-electron chi connectivity index (χ1n) is 6.48. The van der Waals surface area contributed by atoms with Crippen LogP contribution in [-0.2, 0) is 4.79 Å². The van der Waals surface area contributed by atoms with Crippen molar-refractivity contribution >= 4 is 28.8 Å². The standard InChI is InChI=1S/C16H14N2O3/c1-18-13(15(19)17-16(18)20)9-12-11-6-4-3-5-10(11)7-8-14(12)21-2/h3-9H,1-2H3,(H,17,19,20). The van der Waals surface area contributed by atoms with Gasteiger partial charge in [-0.25, -0.2) is 4.79 Å². The molecule has 1 fully saturated rings. The number of nitrogens with zero attached hydrogens (tertiary/aromatic N) is 1. The van der Waals surface area contributed by atoms with E-state index in [0.717, 1.165) is 16.3 Å². The van der Waals surface area contributed by atoms with Crippen molar-refractivity contribution in [3.8, 4) is 5.75 Å². The van der Waals surface area contributed by atoms with E-state index in [1.165, 1.54) is 4.90 Å². The van der Waals surface area contributed by atoms with E-state index in [-0.39, 0.29) is 0 Å². The van der Waals surface area contributed by atoms with Crippen LogP contribution >= 0.6 is 0 Å². The SMILES string of the molecule is COc1ccc2ccccc2c1C=C1C(=O)NC(=O)N1C. The van der Waals surface area contributed by atoms with E-state index in [1.54, 1.807) is 20.2 Å². The summed E-state index contributed by atoms with van der Waals surface area (Å²) < 4.78 is 5.38. The second kappa shape index (κ2) is 4.94. The molecule has 1 saturated heterocycles. The highest BCUT2D eigenvalue weighted by atomic mass is 16.5. The van der Waals surface area contributed by atoms with Crippen molar-refractivity contribution < 1.29 is 14.3 Å². The molecule has 0 bridgehead atoms. The molecule has 5 nitrogen and oxygen atoms in total. The van der Waals surface area contributed by atoms with Gasteiger partial charge in [-0.3, -0.25) is 15.0 Å². The Morgan fingerprint density at radius 3 is 2.57 bits per heavy atom. The molecule has 1 aliphatic rings. The van der Waals surface area contributed by atoms with Crippen LogP contribution in [0.3, 0.4) is 0 Å².